The number of Topliss-reactive ketones (excluding diaryl/α,β-unsaturated/α-hetero) is 1. The zero-order chi connectivity index (χ0) is 23.5. The molecule has 1 heterocycles. The number of ether oxygens (including phenoxy) is 2. The van der Waals surface area contributed by atoms with Crippen molar-refractivity contribution in [3.05, 3.63) is 11.6 Å². The first kappa shape index (κ1) is 22.6. The minimum atomic E-state index is -2.15. The molecule has 8 heteroatoms. The number of rotatable bonds is 2. The Morgan fingerprint density at radius 1 is 1.22 bits per heavy atom. The first-order valence-electron chi connectivity index (χ1n) is 11.5. The van der Waals surface area contributed by atoms with Crippen LogP contribution in [0.15, 0.2) is 11.6 Å². The van der Waals surface area contributed by atoms with E-state index >= 15 is 4.39 Å². The van der Waals surface area contributed by atoms with Crippen molar-refractivity contribution >= 4 is 11.6 Å². The molecule has 4 aliphatic carbocycles. The highest BCUT2D eigenvalue weighted by atomic mass is 19.1. The van der Waals surface area contributed by atoms with E-state index < -0.39 is 70.4 Å². The van der Waals surface area contributed by atoms with Crippen LogP contribution in [-0.2, 0) is 19.1 Å². The molecule has 32 heavy (non-hydrogen) atoms. The van der Waals surface area contributed by atoms with Crippen LogP contribution >= 0.6 is 0 Å². The number of allylic oxidation sites excluding steroid dienone is 1. The summed E-state index contributed by atoms with van der Waals surface area (Å²) >= 11 is 0. The van der Waals surface area contributed by atoms with Crippen molar-refractivity contribution in [1.82, 2.24) is 0 Å². The molecule has 0 aromatic carbocycles. The highest BCUT2D eigenvalue weighted by Crippen LogP contribution is 2.72. The van der Waals surface area contributed by atoms with Crippen molar-refractivity contribution in [3.63, 3.8) is 0 Å². The van der Waals surface area contributed by atoms with Gasteiger partial charge in [0.05, 0.1) is 12.2 Å². The number of alkyl halides is 2. The van der Waals surface area contributed by atoms with Crippen LogP contribution in [0.3, 0.4) is 0 Å². The number of hydrogen-bond donors (Lipinski definition) is 2. The third-order valence-electron chi connectivity index (χ3n) is 9.60. The standard InChI is InChI=1S/C24H32F2O6/c1-20(2)31-19-8-14-13-6-5-12-7-16(28)15(25)9-21(12,3)23(13,26)17(29)10-22(14,4)24(19,32-20)18(30)11-27/h7,13-15,17,19,27,29H,5-6,8-11H2,1-4H3/t13-,14-,15+,17-,19+,21-,22-,23-,24+/m0/s1. The molecule has 0 bridgehead atoms. The van der Waals surface area contributed by atoms with Crippen LogP contribution in [0.1, 0.15) is 59.8 Å². The molecule has 4 fully saturated rings. The molecule has 0 aromatic rings. The van der Waals surface area contributed by atoms with Gasteiger partial charge in [-0.25, -0.2) is 8.78 Å². The second kappa shape index (κ2) is 6.46. The van der Waals surface area contributed by atoms with E-state index in [1.807, 2.05) is 6.92 Å². The van der Waals surface area contributed by atoms with E-state index in [-0.39, 0.29) is 18.8 Å². The van der Waals surface area contributed by atoms with Gasteiger partial charge in [-0.3, -0.25) is 9.59 Å². The molecule has 5 aliphatic rings. The fourth-order valence-corrected chi connectivity index (χ4v) is 8.30. The van der Waals surface area contributed by atoms with Gasteiger partial charge in [-0.05, 0) is 57.9 Å². The molecule has 2 N–H and O–H groups in total. The quantitative estimate of drug-likeness (QED) is 0.666. The van der Waals surface area contributed by atoms with Crippen molar-refractivity contribution in [2.24, 2.45) is 22.7 Å². The van der Waals surface area contributed by atoms with Gasteiger partial charge in [0.15, 0.2) is 29.1 Å². The van der Waals surface area contributed by atoms with Crippen molar-refractivity contribution < 1.29 is 38.1 Å². The maximum atomic E-state index is 17.2. The SMILES string of the molecule is CC1(C)O[C@@H]2C[C@H]3[C@@H]4CCC5=CC(=O)[C@H](F)C[C@]5(C)[C@@]4(F)[C@@H](O)C[C@]3(C)[C@]2(C(=O)CO)O1. The third-order valence-corrected chi connectivity index (χ3v) is 9.60. The maximum absolute atomic E-state index is 17.2. The van der Waals surface area contributed by atoms with Gasteiger partial charge in [-0.2, -0.15) is 0 Å². The predicted octanol–water partition coefficient (Wildman–Crippen LogP) is 2.59. The van der Waals surface area contributed by atoms with Gasteiger partial charge in [0, 0.05) is 16.7 Å². The molecule has 1 saturated heterocycles. The molecular formula is C24H32F2O6. The molecule has 0 aromatic heterocycles. The van der Waals surface area contributed by atoms with Crippen LogP contribution in [0.5, 0.6) is 0 Å². The van der Waals surface area contributed by atoms with Gasteiger partial charge < -0.3 is 19.7 Å². The summed E-state index contributed by atoms with van der Waals surface area (Å²) in [5, 5.41) is 21.2. The van der Waals surface area contributed by atoms with E-state index in [1.165, 1.54) is 6.08 Å². The molecule has 5 rings (SSSR count). The summed E-state index contributed by atoms with van der Waals surface area (Å²) < 4.78 is 44.0. The summed E-state index contributed by atoms with van der Waals surface area (Å²) in [5.74, 6) is -3.25. The van der Waals surface area contributed by atoms with Gasteiger partial charge in [-0.15, -0.1) is 0 Å². The minimum absolute atomic E-state index is 0.0832. The lowest BCUT2D eigenvalue weighted by Gasteiger charge is -2.63. The average Bonchev–Trinajstić information content (AvgIpc) is 3.10. The Morgan fingerprint density at radius 2 is 1.91 bits per heavy atom. The molecule has 0 radical (unpaired) electrons. The van der Waals surface area contributed by atoms with Gasteiger partial charge in [0.2, 0.25) is 0 Å². The lowest BCUT2D eigenvalue weighted by atomic mass is 9.43. The predicted molar refractivity (Wildman–Crippen MR) is 109 cm³/mol. The molecule has 0 amide bonds. The summed E-state index contributed by atoms with van der Waals surface area (Å²) in [7, 11) is 0. The Balaban J connectivity index is 1.63. The maximum Gasteiger partial charge on any atom is 0.193 e. The van der Waals surface area contributed by atoms with Gasteiger partial charge in [-0.1, -0.05) is 19.4 Å². The Kier molecular flexibility index (Phi) is 4.56. The second-order valence-electron chi connectivity index (χ2n) is 11.4. The van der Waals surface area contributed by atoms with Crippen LogP contribution in [0.25, 0.3) is 0 Å². The van der Waals surface area contributed by atoms with Crippen molar-refractivity contribution in [2.45, 2.75) is 95.2 Å². The first-order chi connectivity index (χ1) is 14.8. The molecule has 3 saturated carbocycles. The summed E-state index contributed by atoms with van der Waals surface area (Å²) in [4.78, 5) is 25.1. The topological polar surface area (TPSA) is 93.1 Å². The van der Waals surface area contributed by atoms with Gasteiger partial charge >= 0.3 is 0 Å². The summed E-state index contributed by atoms with van der Waals surface area (Å²) in [6.45, 7) is 6.11. The average molecular weight is 455 g/mol. The van der Waals surface area contributed by atoms with Gasteiger partial charge in [0.1, 0.15) is 12.3 Å². The van der Waals surface area contributed by atoms with Crippen LogP contribution in [0.4, 0.5) is 8.78 Å². The Hall–Kier alpha value is -1.22. The van der Waals surface area contributed by atoms with Crippen molar-refractivity contribution in [2.75, 3.05) is 6.61 Å². The summed E-state index contributed by atoms with van der Waals surface area (Å²) in [5.41, 5.74) is -5.35. The lowest BCUT2D eigenvalue weighted by Crippen LogP contribution is -2.70. The van der Waals surface area contributed by atoms with Crippen molar-refractivity contribution in [3.8, 4) is 0 Å². The van der Waals surface area contributed by atoms with Gasteiger partial charge in [0.25, 0.3) is 0 Å². The second-order valence-corrected chi connectivity index (χ2v) is 11.4. The van der Waals surface area contributed by atoms with Crippen LogP contribution in [0, 0.1) is 22.7 Å². The van der Waals surface area contributed by atoms with Crippen LogP contribution in [0.2, 0.25) is 0 Å². The number of ketones is 2. The monoisotopic (exact) mass is 454 g/mol. The fraction of sp³-hybridized carbons (Fsp3) is 0.833. The smallest absolute Gasteiger partial charge is 0.193 e. The Morgan fingerprint density at radius 3 is 2.56 bits per heavy atom. The van der Waals surface area contributed by atoms with E-state index in [2.05, 4.69) is 0 Å². The number of hydrogen-bond acceptors (Lipinski definition) is 6. The molecule has 0 spiro atoms. The van der Waals surface area contributed by atoms with Crippen LogP contribution < -0.4 is 0 Å². The summed E-state index contributed by atoms with van der Waals surface area (Å²) in [6.07, 6.45) is -1.94. The first-order valence-corrected chi connectivity index (χ1v) is 11.5. The highest BCUT2D eigenvalue weighted by molar-refractivity contribution is 5.95. The van der Waals surface area contributed by atoms with Crippen LogP contribution in [-0.4, -0.2) is 63.8 Å². The Labute approximate surface area is 186 Å². The zero-order valence-electron chi connectivity index (χ0n) is 19.0. The number of carbonyl (C=O) groups is 2. The largest absolute Gasteiger partial charge is 0.390 e. The summed E-state index contributed by atoms with van der Waals surface area (Å²) in [6, 6.07) is 0. The molecule has 1 aliphatic heterocycles. The lowest BCUT2D eigenvalue weighted by molar-refractivity contribution is -0.252. The number of halogens is 2. The van der Waals surface area contributed by atoms with Crippen molar-refractivity contribution in [1.29, 1.82) is 0 Å². The molecule has 178 valence electrons. The number of aliphatic hydroxyl groups is 2. The normalized spacial score (nSPS) is 53.7. The minimum Gasteiger partial charge on any atom is -0.390 e. The van der Waals surface area contributed by atoms with E-state index in [0.29, 0.717) is 24.8 Å². The highest BCUT2D eigenvalue weighted by Gasteiger charge is 2.80. The van der Waals surface area contributed by atoms with E-state index in [0.717, 1.165) is 0 Å². The number of fused-ring (bicyclic) bond motifs is 7. The fourth-order valence-electron chi connectivity index (χ4n) is 8.30. The molecule has 0 unspecified atom stereocenters. The zero-order valence-corrected chi connectivity index (χ0v) is 19.0. The van der Waals surface area contributed by atoms with E-state index in [9.17, 15) is 24.2 Å². The molecule has 9 atom stereocenters. The third kappa shape index (κ3) is 2.37. The Bertz CT molecular complexity index is 918. The number of aliphatic hydroxyl groups excluding tert-OH is 2. The number of carbonyl (C=O) groups excluding carboxylic acids is 2. The van der Waals surface area contributed by atoms with E-state index in [4.69, 9.17) is 9.47 Å². The van der Waals surface area contributed by atoms with E-state index in [1.54, 1.807) is 20.8 Å². The molecule has 6 nitrogen and oxygen atoms in total. The molecular weight excluding hydrogens is 422 g/mol.